The fourth-order valence-electron chi connectivity index (χ4n) is 3.52. The number of nitrogens with two attached hydrogens (primary N) is 1. The van der Waals surface area contributed by atoms with Gasteiger partial charge in [0.15, 0.2) is 5.65 Å². The second-order valence-electron chi connectivity index (χ2n) is 7.46. The molecule has 4 heterocycles. The van der Waals surface area contributed by atoms with E-state index in [0.717, 1.165) is 36.7 Å². The zero-order valence-corrected chi connectivity index (χ0v) is 18.2. The van der Waals surface area contributed by atoms with E-state index in [2.05, 4.69) is 38.6 Å². The second kappa shape index (κ2) is 9.40. The van der Waals surface area contributed by atoms with Gasteiger partial charge in [-0.1, -0.05) is 6.92 Å². The Morgan fingerprint density at radius 2 is 1.94 bits per heavy atom. The van der Waals surface area contributed by atoms with Crippen LogP contribution in [-0.2, 0) is 9.47 Å². The summed E-state index contributed by atoms with van der Waals surface area (Å²) in [6.45, 7) is 8.29. The lowest BCUT2D eigenvalue weighted by molar-refractivity contribution is 0.122. The number of hydrogen-bond acceptors (Lipinski definition) is 10. The Hall–Kier alpha value is -3.05. The van der Waals surface area contributed by atoms with Crippen molar-refractivity contribution in [1.29, 1.82) is 0 Å². The highest BCUT2D eigenvalue weighted by atomic mass is 16.5. The summed E-state index contributed by atoms with van der Waals surface area (Å²) >= 11 is 0. The highest BCUT2D eigenvalue weighted by Gasteiger charge is 2.24. The van der Waals surface area contributed by atoms with E-state index in [1.165, 1.54) is 0 Å². The number of ether oxygens (including phenoxy) is 2. The number of nitrogens with one attached hydrogen (secondary N) is 1. The maximum absolute atomic E-state index is 5.70. The third-order valence-corrected chi connectivity index (χ3v) is 5.39. The molecule has 1 fully saturated rings. The first kappa shape index (κ1) is 21.2. The number of rotatable bonds is 8. The molecule has 0 aromatic carbocycles. The molecule has 11 heteroatoms. The number of imidazole rings is 1. The molecule has 3 aromatic rings. The molecule has 0 bridgehead atoms. The third-order valence-electron chi connectivity index (χ3n) is 5.39. The minimum atomic E-state index is 0.193. The summed E-state index contributed by atoms with van der Waals surface area (Å²) in [4.78, 5) is 25.1. The lowest BCUT2D eigenvalue weighted by Crippen LogP contribution is -2.37. The monoisotopic (exact) mass is 427 g/mol. The Bertz CT molecular complexity index is 1020. The zero-order chi connectivity index (χ0) is 21.8. The number of anilines is 3. The number of methoxy groups -OCH3 is 1. The van der Waals surface area contributed by atoms with Crippen molar-refractivity contribution in [1.82, 2.24) is 29.5 Å². The van der Waals surface area contributed by atoms with Gasteiger partial charge in [0.05, 0.1) is 19.8 Å². The van der Waals surface area contributed by atoms with Gasteiger partial charge in [0.25, 0.3) is 0 Å². The van der Waals surface area contributed by atoms with Gasteiger partial charge in [-0.2, -0.15) is 4.98 Å². The van der Waals surface area contributed by atoms with Crippen LogP contribution in [0.4, 0.5) is 17.8 Å². The Labute approximate surface area is 181 Å². The Kier molecular flexibility index (Phi) is 6.42. The van der Waals surface area contributed by atoms with Gasteiger partial charge in [-0.05, 0) is 13.3 Å². The maximum atomic E-state index is 5.70. The van der Waals surface area contributed by atoms with Crippen LogP contribution in [0.5, 0.6) is 0 Å². The summed E-state index contributed by atoms with van der Waals surface area (Å²) in [5.41, 5.74) is 8.60. The van der Waals surface area contributed by atoms with Crippen molar-refractivity contribution in [2.45, 2.75) is 26.3 Å². The Morgan fingerprint density at radius 3 is 2.61 bits per heavy atom. The van der Waals surface area contributed by atoms with Crippen molar-refractivity contribution in [3.05, 3.63) is 12.4 Å². The van der Waals surface area contributed by atoms with Crippen molar-refractivity contribution >= 4 is 29.0 Å². The highest BCUT2D eigenvalue weighted by molar-refractivity contribution is 5.90. The van der Waals surface area contributed by atoms with E-state index in [0.29, 0.717) is 43.5 Å². The van der Waals surface area contributed by atoms with E-state index in [1.807, 2.05) is 0 Å². The second-order valence-corrected chi connectivity index (χ2v) is 7.46. The van der Waals surface area contributed by atoms with E-state index < -0.39 is 0 Å². The van der Waals surface area contributed by atoms with Crippen LogP contribution in [0.25, 0.3) is 22.4 Å². The van der Waals surface area contributed by atoms with Gasteiger partial charge in [-0.25, -0.2) is 19.9 Å². The molecule has 1 aliphatic heterocycles. The van der Waals surface area contributed by atoms with Gasteiger partial charge in [-0.15, -0.1) is 0 Å². The van der Waals surface area contributed by atoms with Crippen LogP contribution in [0.2, 0.25) is 0 Å². The maximum Gasteiger partial charge on any atom is 0.228 e. The summed E-state index contributed by atoms with van der Waals surface area (Å²) in [6, 6.07) is 0.193. The fourth-order valence-corrected chi connectivity index (χ4v) is 3.52. The fraction of sp³-hybridized carbons (Fsp3) is 0.550. The van der Waals surface area contributed by atoms with Crippen LogP contribution < -0.4 is 16.0 Å². The van der Waals surface area contributed by atoms with E-state index in [4.69, 9.17) is 30.2 Å². The highest BCUT2D eigenvalue weighted by Crippen LogP contribution is 2.32. The predicted octanol–water partition coefficient (Wildman–Crippen LogP) is 1.73. The summed E-state index contributed by atoms with van der Waals surface area (Å²) in [5.74, 6) is 1.61. The molecular weight excluding hydrogens is 398 g/mol. The van der Waals surface area contributed by atoms with E-state index in [9.17, 15) is 0 Å². The molecule has 0 aliphatic carbocycles. The average molecular weight is 428 g/mol. The van der Waals surface area contributed by atoms with Crippen LogP contribution in [-0.4, -0.2) is 76.1 Å². The number of aromatic nitrogens is 6. The first-order valence-corrected chi connectivity index (χ1v) is 10.6. The van der Waals surface area contributed by atoms with Crippen LogP contribution >= 0.6 is 0 Å². The Morgan fingerprint density at radius 1 is 1.19 bits per heavy atom. The van der Waals surface area contributed by atoms with E-state index >= 15 is 0 Å². The van der Waals surface area contributed by atoms with Crippen molar-refractivity contribution < 1.29 is 9.47 Å². The molecule has 0 amide bonds. The molecule has 166 valence electrons. The lowest BCUT2D eigenvalue weighted by atomic mass is 10.2. The lowest BCUT2D eigenvalue weighted by Gasteiger charge is -2.27. The van der Waals surface area contributed by atoms with Gasteiger partial charge in [0, 0.05) is 50.7 Å². The van der Waals surface area contributed by atoms with Crippen LogP contribution in [0.1, 0.15) is 26.3 Å². The molecular formula is C20H29N9O2. The molecule has 1 atom stereocenters. The number of morpholine rings is 1. The third kappa shape index (κ3) is 4.37. The summed E-state index contributed by atoms with van der Waals surface area (Å²) < 4.78 is 12.8. The minimum absolute atomic E-state index is 0.193. The van der Waals surface area contributed by atoms with Crippen molar-refractivity contribution in [2.24, 2.45) is 0 Å². The normalized spacial score (nSPS) is 15.4. The van der Waals surface area contributed by atoms with Crippen LogP contribution in [0, 0.1) is 0 Å². The van der Waals surface area contributed by atoms with Gasteiger partial charge in [0.1, 0.15) is 11.2 Å². The quantitative estimate of drug-likeness (QED) is 0.513. The zero-order valence-electron chi connectivity index (χ0n) is 18.2. The standard InChI is InChI=1S/C20H29N9O2/c1-4-13(2)29-17-16(26-19(29)22-5-8-30-3)15(14-11-23-18(21)24-12-14)25-20(27-17)28-6-9-31-10-7-28/h11-13H,4-10H2,1-3H3,(H,22,26)(H2,21,23,24). The van der Waals surface area contributed by atoms with Gasteiger partial charge in [0.2, 0.25) is 17.8 Å². The predicted molar refractivity (Wildman–Crippen MR) is 119 cm³/mol. The summed E-state index contributed by atoms with van der Waals surface area (Å²) in [5, 5.41) is 3.38. The number of hydrogen-bond donors (Lipinski definition) is 2. The number of fused-ring (bicyclic) bond motifs is 1. The molecule has 0 saturated carbocycles. The molecule has 4 rings (SSSR count). The number of nitrogen functional groups attached to an aromatic ring is 1. The number of nitrogens with zero attached hydrogens (tertiary/aromatic N) is 7. The van der Waals surface area contributed by atoms with E-state index in [1.54, 1.807) is 19.5 Å². The largest absolute Gasteiger partial charge is 0.383 e. The van der Waals surface area contributed by atoms with Crippen molar-refractivity contribution in [3.8, 4) is 11.3 Å². The molecule has 1 aliphatic rings. The summed E-state index contributed by atoms with van der Waals surface area (Å²) in [7, 11) is 1.68. The molecule has 0 radical (unpaired) electrons. The summed E-state index contributed by atoms with van der Waals surface area (Å²) in [6.07, 6.45) is 4.28. The van der Waals surface area contributed by atoms with Gasteiger partial charge >= 0.3 is 0 Å². The minimum Gasteiger partial charge on any atom is -0.383 e. The van der Waals surface area contributed by atoms with Crippen molar-refractivity contribution in [3.63, 3.8) is 0 Å². The average Bonchev–Trinajstić information content (AvgIpc) is 3.17. The first-order valence-electron chi connectivity index (χ1n) is 10.6. The molecule has 1 unspecified atom stereocenters. The molecule has 3 N–H and O–H groups in total. The van der Waals surface area contributed by atoms with Crippen LogP contribution in [0.3, 0.4) is 0 Å². The molecule has 3 aromatic heterocycles. The molecule has 31 heavy (non-hydrogen) atoms. The van der Waals surface area contributed by atoms with Crippen molar-refractivity contribution in [2.75, 3.05) is 62.5 Å². The molecule has 1 saturated heterocycles. The van der Waals surface area contributed by atoms with Gasteiger partial charge in [-0.3, -0.25) is 4.57 Å². The SMILES string of the molecule is CCC(C)n1c(NCCOC)nc2c(-c3cnc(N)nc3)nc(N3CCOCC3)nc21. The smallest absolute Gasteiger partial charge is 0.228 e. The van der Waals surface area contributed by atoms with Gasteiger partial charge < -0.3 is 25.4 Å². The topological polar surface area (TPSA) is 129 Å². The van der Waals surface area contributed by atoms with E-state index in [-0.39, 0.29) is 12.0 Å². The van der Waals surface area contributed by atoms with Crippen LogP contribution in [0.15, 0.2) is 12.4 Å². The molecule has 0 spiro atoms. The molecule has 11 nitrogen and oxygen atoms in total. The Balaban J connectivity index is 1.90. The first-order chi connectivity index (χ1) is 15.1.